The van der Waals surface area contributed by atoms with Gasteiger partial charge in [0.15, 0.2) is 0 Å². The van der Waals surface area contributed by atoms with Crippen LogP contribution in [0.3, 0.4) is 0 Å². The molecule has 0 amide bonds. The van der Waals surface area contributed by atoms with Gasteiger partial charge in [0.05, 0.1) is 18.0 Å². The van der Waals surface area contributed by atoms with Crippen molar-refractivity contribution in [3.63, 3.8) is 0 Å². The van der Waals surface area contributed by atoms with Gasteiger partial charge in [-0.25, -0.2) is 4.98 Å². The van der Waals surface area contributed by atoms with Crippen molar-refractivity contribution in [3.8, 4) is 0 Å². The van der Waals surface area contributed by atoms with Crippen LogP contribution in [0.5, 0.6) is 0 Å². The molecule has 0 bridgehead atoms. The van der Waals surface area contributed by atoms with Crippen molar-refractivity contribution in [1.29, 1.82) is 0 Å². The van der Waals surface area contributed by atoms with Crippen LogP contribution in [0.15, 0.2) is 28.2 Å². The molecular weight excluding hydrogens is 244 g/mol. The first-order chi connectivity index (χ1) is 8.47. The fourth-order valence-corrected chi connectivity index (χ4v) is 2.59. The Morgan fingerprint density at radius 1 is 1.44 bits per heavy atom. The number of nitrogens with zero attached hydrogens (tertiary/aromatic N) is 1. The molecular formula is C14H20N2OS. The molecule has 2 aromatic heterocycles. The molecule has 0 aromatic carbocycles. The Bertz CT molecular complexity index is 482. The van der Waals surface area contributed by atoms with Gasteiger partial charge in [0, 0.05) is 17.3 Å². The molecule has 3 nitrogen and oxygen atoms in total. The molecule has 0 aliphatic carbocycles. The quantitative estimate of drug-likeness (QED) is 0.910. The minimum atomic E-state index is 0.126. The molecule has 0 saturated carbocycles. The first kappa shape index (κ1) is 13.3. The Morgan fingerprint density at radius 3 is 2.78 bits per heavy atom. The minimum Gasteiger partial charge on any atom is -0.468 e. The van der Waals surface area contributed by atoms with Crippen molar-refractivity contribution < 1.29 is 4.42 Å². The zero-order chi connectivity index (χ0) is 13.2. The summed E-state index contributed by atoms with van der Waals surface area (Å²) in [6, 6.07) is 4.11. The van der Waals surface area contributed by atoms with E-state index in [0.29, 0.717) is 0 Å². The van der Waals surface area contributed by atoms with Gasteiger partial charge in [0.25, 0.3) is 0 Å². The Balaban J connectivity index is 1.93. The van der Waals surface area contributed by atoms with Crippen LogP contribution in [-0.4, -0.2) is 4.98 Å². The van der Waals surface area contributed by atoms with Gasteiger partial charge in [0.1, 0.15) is 10.8 Å². The number of hydrogen-bond acceptors (Lipinski definition) is 4. The molecule has 0 fully saturated rings. The van der Waals surface area contributed by atoms with Crippen LogP contribution in [0.2, 0.25) is 0 Å². The van der Waals surface area contributed by atoms with Gasteiger partial charge in [-0.15, -0.1) is 11.3 Å². The highest BCUT2D eigenvalue weighted by molar-refractivity contribution is 7.09. The Kier molecular flexibility index (Phi) is 3.88. The highest BCUT2D eigenvalue weighted by Gasteiger charge is 2.17. The van der Waals surface area contributed by atoms with E-state index in [4.69, 9.17) is 4.42 Å². The molecule has 4 heteroatoms. The molecule has 98 valence electrons. The van der Waals surface area contributed by atoms with Crippen molar-refractivity contribution in [2.24, 2.45) is 0 Å². The van der Waals surface area contributed by atoms with E-state index in [1.54, 1.807) is 17.6 Å². The molecule has 1 N–H and O–H groups in total. The number of thiazole rings is 1. The molecule has 2 aromatic rings. The Labute approximate surface area is 112 Å². The molecule has 1 atom stereocenters. The molecule has 0 saturated heterocycles. The lowest BCUT2D eigenvalue weighted by atomic mass is 9.93. The summed E-state index contributed by atoms with van der Waals surface area (Å²) in [4.78, 5) is 4.66. The van der Waals surface area contributed by atoms with E-state index in [2.05, 4.69) is 43.4 Å². The molecule has 0 aliphatic rings. The lowest BCUT2D eigenvalue weighted by Gasteiger charge is -2.14. The lowest BCUT2D eigenvalue weighted by molar-refractivity contribution is 0.429. The highest BCUT2D eigenvalue weighted by atomic mass is 32.1. The number of furan rings is 1. The van der Waals surface area contributed by atoms with Crippen LogP contribution in [0, 0.1) is 0 Å². The first-order valence-electron chi connectivity index (χ1n) is 6.18. The van der Waals surface area contributed by atoms with Gasteiger partial charge < -0.3 is 9.73 Å². The third kappa shape index (κ3) is 3.21. The third-order valence-electron chi connectivity index (χ3n) is 2.85. The largest absolute Gasteiger partial charge is 0.468 e. The van der Waals surface area contributed by atoms with Crippen LogP contribution >= 0.6 is 11.3 Å². The molecule has 2 heterocycles. The van der Waals surface area contributed by atoms with Gasteiger partial charge in [0.2, 0.25) is 0 Å². The van der Waals surface area contributed by atoms with Crippen LogP contribution in [0.4, 0.5) is 0 Å². The summed E-state index contributed by atoms with van der Waals surface area (Å²) in [6.07, 6.45) is 1.70. The maximum atomic E-state index is 5.36. The SMILES string of the molecule is C[C@H](NCc1nc(C(C)(C)C)cs1)c1ccco1. The van der Waals surface area contributed by atoms with E-state index >= 15 is 0 Å². The van der Waals surface area contributed by atoms with Gasteiger partial charge in [-0.3, -0.25) is 0 Å². The third-order valence-corrected chi connectivity index (χ3v) is 3.70. The maximum Gasteiger partial charge on any atom is 0.120 e. The van der Waals surface area contributed by atoms with Crippen LogP contribution in [-0.2, 0) is 12.0 Å². The highest BCUT2D eigenvalue weighted by Crippen LogP contribution is 2.24. The molecule has 0 radical (unpaired) electrons. The van der Waals surface area contributed by atoms with Gasteiger partial charge in [-0.1, -0.05) is 20.8 Å². The second-order valence-corrected chi connectivity index (χ2v) is 6.44. The van der Waals surface area contributed by atoms with E-state index in [0.717, 1.165) is 23.0 Å². The lowest BCUT2D eigenvalue weighted by Crippen LogP contribution is -2.18. The number of aromatic nitrogens is 1. The molecule has 0 aliphatic heterocycles. The molecule has 0 spiro atoms. The number of rotatable bonds is 4. The second-order valence-electron chi connectivity index (χ2n) is 5.49. The monoisotopic (exact) mass is 264 g/mol. The summed E-state index contributed by atoms with van der Waals surface area (Å²) in [7, 11) is 0. The minimum absolute atomic E-state index is 0.126. The smallest absolute Gasteiger partial charge is 0.120 e. The summed E-state index contributed by atoms with van der Waals surface area (Å²) >= 11 is 1.71. The molecule has 2 rings (SSSR count). The molecule has 18 heavy (non-hydrogen) atoms. The van der Waals surface area contributed by atoms with E-state index in [-0.39, 0.29) is 11.5 Å². The van der Waals surface area contributed by atoms with Crippen LogP contribution in [0.1, 0.15) is 50.2 Å². The van der Waals surface area contributed by atoms with Crippen molar-refractivity contribution in [2.45, 2.75) is 45.7 Å². The second kappa shape index (κ2) is 5.24. The van der Waals surface area contributed by atoms with Gasteiger partial charge in [-0.05, 0) is 19.1 Å². The van der Waals surface area contributed by atoms with E-state index in [1.807, 2.05) is 12.1 Å². The van der Waals surface area contributed by atoms with Crippen LogP contribution in [0.25, 0.3) is 0 Å². The van der Waals surface area contributed by atoms with Crippen molar-refractivity contribution in [1.82, 2.24) is 10.3 Å². The number of hydrogen-bond donors (Lipinski definition) is 1. The first-order valence-corrected chi connectivity index (χ1v) is 7.06. The topological polar surface area (TPSA) is 38.1 Å². The summed E-state index contributed by atoms with van der Waals surface area (Å²) in [5, 5.41) is 6.69. The predicted octanol–water partition coefficient (Wildman–Crippen LogP) is 3.88. The standard InChI is InChI=1S/C14H20N2OS/c1-10(11-6-5-7-17-11)15-8-13-16-12(9-18-13)14(2,3)4/h5-7,9-10,15H,8H2,1-4H3/t10-/m0/s1. The van der Waals surface area contributed by atoms with Crippen LogP contribution < -0.4 is 5.32 Å². The average molecular weight is 264 g/mol. The summed E-state index contributed by atoms with van der Waals surface area (Å²) < 4.78 is 5.36. The van der Waals surface area contributed by atoms with Crippen molar-refractivity contribution in [3.05, 3.63) is 40.2 Å². The fraction of sp³-hybridized carbons (Fsp3) is 0.500. The molecule has 0 unspecified atom stereocenters. The van der Waals surface area contributed by atoms with Crippen molar-refractivity contribution >= 4 is 11.3 Å². The Hall–Kier alpha value is -1.13. The Morgan fingerprint density at radius 2 is 2.22 bits per heavy atom. The van der Waals surface area contributed by atoms with E-state index in [1.165, 1.54) is 0 Å². The van der Waals surface area contributed by atoms with Crippen molar-refractivity contribution in [2.75, 3.05) is 0 Å². The van der Waals surface area contributed by atoms with Gasteiger partial charge in [-0.2, -0.15) is 0 Å². The summed E-state index contributed by atoms with van der Waals surface area (Å²) in [5.74, 6) is 0.961. The fourth-order valence-electron chi connectivity index (χ4n) is 1.62. The summed E-state index contributed by atoms with van der Waals surface area (Å²) in [6.45, 7) is 9.43. The van der Waals surface area contributed by atoms with Gasteiger partial charge >= 0.3 is 0 Å². The average Bonchev–Trinajstić information content (AvgIpc) is 2.96. The maximum absolute atomic E-state index is 5.36. The normalized spacial score (nSPS) is 13.8. The van der Waals surface area contributed by atoms with E-state index < -0.39 is 0 Å². The summed E-state index contributed by atoms with van der Waals surface area (Å²) in [5.41, 5.74) is 1.29. The predicted molar refractivity (Wildman–Crippen MR) is 74.8 cm³/mol. The number of nitrogens with one attached hydrogen (secondary N) is 1. The van der Waals surface area contributed by atoms with E-state index in [9.17, 15) is 0 Å². The zero-order valence-electron chi connectivity index (χ0n) is 11.4. The zero-order valence-corrected chi connectivity index (χ0v) is 12.2.